The van der Waals surface area contributed by atoms with Crippen molar-refractivity contribution in [2.45, 2.75) is 13.0 Å². The number of nitrogens with one attached hydrogen (secondary N) is 1. The highest BCUT2D eigenvalue weighted by Crippen LogP contribution is 2.42. The molecule has 1 N–H and O–H groups in total. The zero-order chi connectivity index (χ0) is 15.7. The van der Waals surface area contributed by atoms with E-state index < -0.39 is 0 Å². The highest BCUT2D eigenvalue weighted by molar-refractivity contribution is 5.71. The van der Waals surface area contributed by atoms with Crippen LogP contribution < -0.4 is 14.2 Å². The van der Waals surface area contributed by atoms with Crippen molar-refractivity contribution < 1.29 is 14.2 Å². The monoisotopic (exact) mass is 303 g/mol. The topological polar surface area (TPSA) is 59.6 Å². The number of fused-ring (bicyclic) bond motifs is 1. The molecule has 6 heteroatoms. The van der Waals surface area contributed by atoms with Crippen LogP contribution in [0.3, 0.4) is 0 Å². The van der Waals surface area contributed by atoms with Gasteiger partial charge in [0.05, 0.1) is 27.0 Å². The third-order valence-electron chi connectivity index (χ3n) is 4.06. The van der Waals surface area contributed by atoms with E-state index in [2.05, 4.69) is 22.1 Å². The van der Waals surface area contributed by atoms with E-state index in [-0.39, 0.29) is 0 Å². The van der Waals surface area contributed by atoms with Crippen molar-refractivity contribution in [2.75, 3.05) is 34.9 Å². The first-order valence-electron chi connectivity index (χ1n) is 7.23. The smallest absolute Gasteiger partial charge is 0.203 e. The number of benzene rings is 1. The second kappa shape index (κ2) is 5.88. The first kappa shape index (κ1) is 14.7. The molecular formula is C16H21N3O3. The van der Waals surface area contributed by atoms with Gasteiger partial charge in [-0.25, -0.2) is 0 Å². The summed E-state index contributed by atoms with van der Waals surface area (Å²) in [6.07, 6.45) is 0.989. The van der Waals surface area contributed by atoms with Gasteiger partial charge in [0, 0.05) is 36.3 Å². The Hall–Kier alpha value is -2.21. The fraction of sp³-hybridized carbons (Fsp3) is 0.438. The summed E-state index contributed by atoms with van der Waals surface area (Å²) in [5.74, 6) is 1.87. The summed E-state index contributed by atoms with van der Waals surface area (Å²) in [5, 5.41) is 7.66. The number of hydrogen-bond acceptors (Lipinski definition) is 5. The Kier molecular flexibility index (Phi) is 3.94. The largest absolute Gasteiger partial charge is 0.493 e. The Balaban J connectivity index is 2.11. The highest BCUT2D eigenvalue weighted by Gasteiger charge is 2.23. The minimum Gasteiger partial charge on any atom is -0.493 e. The van der Waals surface area contributed by atoms with Gasteiger partial charge in [-0.15, -0.1) is 0 Å². The van der Waals surface area contributed by atoms with Crippen LogP contribution in [0.25, 0.3) is 11.3 Å². The Labute approximate surface area is 130 Å². The lowest BCUT2D eigenvalue weighted by atomic mass is 10.0. The predicted molar refractivity (Wildman–Crippen MR) is 83.7 cm³/mol. The lowest BCUT2D eigenvalue weighted by Gasteiger charge is -2.22. The molecule has 0 saturated carbocycles. The summed E-state index contributed by atoms with van der Waals surface area (Å²) in [4.78, 5) is 2.29. The molecule has 0 atom stereocenters. The average Bonchev–Trinajstić information content (AvgIpc) is 2.96. The van der Waals surface area contributed by atoms with E-state index in [4.69, 9.17) is 14.2 Å². The molecule has 0 bridgehead atoms. The van der Waals surface area contributed by atoms with Crippen LogP contribution in [-0.4, -0.2) is 50.0 Å². The van der Waals surface area contributed by atoms with Gasteiger partial charge in [0.15, 0.2) is 11.5 Å². The van der Waals surface area contributed by atoms with E-state index in [1.165, 1.54) is 11.3 Å². The van der Waals surface area contributed by atoms with Gasteiger partial charge in [-0.05, 0) is 19.2 Å². The second-order valence-corrected chi connectivity index (χ2v) is 5.43. The molecule has 0 aliphatic carbocycles. The normalized spacial score (nSPS) is 14.5. The van der Waals surface area contributed by atoms with Crippen molar-refractivity contribution in [3.63, 3.8) is 0 Å². The average molecular weight is 303 g/mol. The van der Waals surface area contributed by atoms with E-state index in [9.17, 15) is 0 Å². The van der Waals surface area contributed by atoms with E-state index >= 15 is 0 Å². The zero-order valence-corrected chi connectivity index (χ0v) is 13.4. The summed E-state index contributed by atoms with van der Waals surface area (Å²) < 4.78 is 16.2. The number of hydrogen-bond donors (Lipinski definition) is 1. The summed E-state index contributed by atoms with van der Waals surface area (Å²) in [7, 11) is 6.96. The molecule has 6 nitrogen and oxygen atoms in total. The molecule has 1 aliphatic rings. The van der Waals surface area contributed by atoms with Crippen LogP contribution >= 0.6 is 0 Å². The summed E-state index contributed by atoms with van der Waals surface area (Å²) in [6.45, 7) is 1.93. The second-order valence-electron chi connectivity index (χ2n) is 5.43. The molecule has 0 unspecified atom stereocenters. The molecule has 0 fully saturated rings. The van der Waals surface area contributed by atoms with Gasteiger partial charge in [-0.3, -0.25) is 5.10 Å². The number of aromatic amines is 1. The van der Waals surface area contributed by atoms with Crippen molar-refractivity contribution in [1.82, 2.24) is 15.1 Å². The SMILES string of the molecule is COc1cc(-c2n[nH]c3c2CN(C)CC3)cc(OC)c1OC. The predicted octanol–water partition coefficient (Wildman–Crippen LogP) is 2.09. The first-order valence-corrected chi connectivity index (χ1v) is 7.23. The van der Waals surface area contributed by atoms with Crippen LogP contribution in [0.1, 0.15) is 11.3 Å². The van der Waals surface area contributed by atoms with Crippen molar-refractivity contribution in [1.29, 1.82) is 0 Å². The Morgan fingerprint density at radius 2 is 1.77 bits per heavy atom. The molecule has 1 aromatic carbocycles. The zero-order valence-electron chi connectivity index (χ0n) is 13.4. The molecule has 2 heterocycles. The van der Waals surface area contributed by atoms with E-state index in [1.54, 1.807) is 21.3 Å². The van der Waals surface area contributed by atoms with Crippen LogP contribution in [0.5, 0.6) is 17.2 Å². The number of ether oxygens (including phenoxy) is 3. The van der Waals surface area contributed by atoms with E-state index in [0.717, 1.165) is 30.8 Å². The van der Waals surface area contributed by atoms with Crippen molar-refractivity contribution >= 4 is 0 Å². The molecule has 22 heavy (non-hydrogen) atoms. The third-order valence-corrected chi connectivity index (χ3v) is 4.06. The molecule has 1 aromatic heterocycles. The molecule has 2 aromatic rings. The maximum absolute atomic E-state index is 5.43. The van der Waals surface area contributed by atoms with Crippen LogP contribution in [0.4, 0.5) is 0 Å². The number of aromatic nitrogens is 2. The summed E-state index contributed by atoms with van der Waals surface area (Å²) in [6, 6.07) is 3.87. The molecule has 0 amide bonds. The first-order chi connectivity index (χ1) is 10.7. The standard InChI is InChI=1S/C16H21N3O3/c1-19-6-5-12-11(9-19)15(18-17-12)10-7-13(20-2)16(22-4)14(8-10)21-3/h7-8H,5-6,9H2,1-4H3,(H,17,18). The van der Waals surface area contributed by atoms with Crippen LogP contribution in [0.2, 0.25) is 0 Å². The number of methoxy groups -OCH3 is 3. The van der Waals surface area contributed by atoms with Crippen molar-refractivity contribution in [3.8, 4) is 28.5 Å². The Morgan fingerprint density at radius 3 is 2.36 bits per heavy atom. The van der Waals surface area contributed by atoms with Gasteiger partial charge < -0.3 is 19.1 Å². The molecular weight excluding hydrogens is 282 g/mol. The number of likely N-dealkylation sites (N-methyl/N-ethyl adjacent to an activating group) is 1. The van der Waals surface area contributed by atoms with Crippen LogP contribution in [0.15, 0.2) is 12.1 Å². The van der Waals surface area contributed by atoms with Gasteiger partial charge in [0.2, 0.25) is 5.75 Å². The lowest BCUT2D eigenvalue weighted by Crippen LogP contribution is -2.26. The van der Waals surface area contributed by atoms with Gasteiger partial charge in [0.25, 0.3) is 0 Å². The summed E-state index contributed by atoms with van der Waals surface area (Å²) >= 11 is 0. The van der Waals surface area contributed by atoms with Gasteiger partial charge in [-0.2, -0.15) is 5.10 Å². The van der Waals surface area contributed by atoms with E-state index in [1.807, 2.05) is 12.1 Å². The summed E-state index contributed by atoms with van der Waals surface area (Å²) in [5.41, 5.74) is 4.35. The molecule has 0 spiro atoms. The van der Waals surface area contributed by atoms with Gasteiger partial charge in [0.1, 0.15) is 0 Å². The van der Waals surface area contributed by atoms with Crippen LogP contribution in [0, 0.1) is 0 Å². The number of rotatable bonds is 4. The van der Waals surface area contributed by atoms with Crippen molar-refractivity contribution in [2.24, 2.45) is 0 Å². The molecule has 0 saturated heterocycles. The maximum Gasteiger partial charge on any atom is 0.203 e. The number of nitrogens with zero attached hydrogens (tertiary/aromatic N) is 2. The van der Waals surface area contributed by atoms with E-state index in [0.29, 0.717) is 17.2 Å². The lowest BCUT2D eigenvalue weighted by molar-refractivity contribution is 0.312. The Bertz CT molecular complexity index is 656. The quantitative estimate of drug-likeness (QED) is 0.937. The third kappa shape index (κ3) is 2.39. The minimum absolute atomic E-state index is 0.593. The molecule has 118 valence electrons. The van der Waals surface area contributed by atoms with Gasteiger partial charge in [-0.1, -0.05) is 0 Å². The molecule has 3 rings (SSSR count). The Morgan fingerprint density at radius 1 is 1.09 bits per heavy atom. The van der Waals surface area contributed by atoms with Crippen molar-refractivity contribution in [3.05, 3.63) is 23.4 Å². The minimum atomic E-state index is 0.593. The highest BCUT2D eigenvalue weighted by atomic mass is 16.5. The maximum atomic E-state index is 5.43. The van der Waals surface area contributed by atoms with Gasteiger partial charge >= 0.3 is 0 Å². The van der Waals surface area contributed by atoms with Crippen LogP contribution in [-0.2, 0) is 13.0 Å². The molecule has 0 radical (unpaired) electrons. The number of H-pyrrole nitrogens is 1. The fourth-order valence-corrected chi connectivity index (χ4v) is 2.89. The molecule has 1 aliphatic heterocycles. The fourth-order valence-electron chi connectivity index (χ4n) is 2.89.